The van der Waals surface area contributed by atoms with E-state index in [1.54, 1.807) is 0 Å². The number of terminal acetylenes is 1. The highest BCUT2D eigenvalue weighted by atomic mass is 16.5. The van der Waals surface area contributed by atoms with Crippen LogP contribution in [-0.2, 0) is 9.53 Å². The first-order chi connectivity index (χ1) is 6.55. The van der Waals surface area contributed by atoms with Gasteiger partial charge in [0.1, 0.15) is 0 Å². The van der Waals surface area contributed by atoms with Crippen LogP contribution in [0.3, 0.4) is 0 Å². The Labute approximate surface area is 85.2 Å². The van der Waals surface area contributed by atoms with Gasteiger partial charge in [0.2, 0.25) is 5.91 Å². The van der Waals surface area contributed by atoms with Crippen molar-refractivity contribution in [1.82, 2.24) is 5.32 Å². The predicted octanol–water partition coefficient (Wildman–Crippen LogP) is 0.941. The minimum atomic E-state index is -0.561. The molecule has 3 nitrogen and oxygen atoms in total. The Bertz CT molecular complexity index is 247. The second-order valence-electron chi connectivity index (χ2n) is 4.17. The van der Waals surface area contributed by atoms with Crippen molar-refractivity contribution >= 4 is 5.91 Å². The highest BCUT2D eigenvalue weighted by Gasteiger charge is 2.25. The lowest BCUT2D eigenvalue weighted by Gasteiger charge is -2.26. The van der Waals surface area contributed by atoms with Gasteiger partial charge < -0.3 is 10.1 Å². The van der Waals surface area contributed by atoms with Crippen LogP contribution in [0.15, 0.2) is 0 Å². The van der Waals surface area contributed by atoms with E-state index < -0.39 is 5.54 Å². The molecule has 0 bridgehead atoms. The molecule has 1 unspecified atom stereocenters. The molecule has 1 fully saturated rings. The standard InChI is InChI=1S/C11H17NO2/c1-4-11(2,3)12-10(13)9-6-5-7-14-8-9/h1,9H,5-8H2,2-3H3,(H,12,13). The summed E-state index contributed by atoms with van der Waals surface area (Å²) in [6.07, 6.45) is 7.14. The smallest absolute Gasteiger partial charge is 0.226 e. The fraction of sp³-hybridized carbons (Fsp3) is 0.727. The van der Waals surface area contributed by atoms with Crippen molar-refractivity contribution in [3.8, 4) is 12.3 Å². The van der Waals surface area contributed by atoms with Crippen LogP contribution in [-0.4, -0.2) is 24.7 Å². The van der Waals surface area contributed by atoms with Gasteiger partial charge in [-0.3, -0.25) is 4.79 Å². The quantitative estimate of drug-likeness (QED) is 0.666. The van der Waals surface area contributed by atoms with Gasteiger partial charge in [0, 0.05) is 6.61 Å². The fourth-order valence-electron chi connectivity index (χ4n) is 1.39. The molecule has 1 aliphatic rings. The van der Waals surface area contributed by atoms with Crippen LogP contribution in [0.4, 0.5) is 0 Å². The van der Waals surface area contributed by atoms with Gasteiger partial charge in [-0.1, -0.05) is 5.92 Å². The monoisotopic (exact) mass is 195 g/mol. The summed E-state index contributed by atoms with van der Waals surface area (Å²) in [5.41, 5.74) is -0.561. The number of ether oxygens (including phenoxy) is 1. The molecule has 3 heteroatoms. The van der Waals surface area contributed by atoms with Gasteiger partial charge in [0.15, 0.2) is 0 Å². The lowest BCUT2D eigenvalue weighted by atomic mass is 9.99. The minimum absolute atomic E-state index is 0.00708. The zero-order valence-electron chi connectivity index (χ0n) is 8.80. The summed E-state index contributed by atoms with van der Waals surface area (Å²) >= 11 is 0. The van der Waals surface area contributed by atoms with E-state index in [0.717, 1.165) is 19.4 Å². The number of hydrogen-bond acceptors (Lipinski definition) is 2. The third-order valence-electron chi connectivity index (χ3n) is 2.33. The van der Waals surface area contributed by atoms with Crippen molar-refractivity contribution in [1.29, 1.82) is 0 Å². The Morgan fingerprint density at radius 3 is 2.86 bits per heavy atom. The average Bonchev–Trinajstić information content (AvgIpc) is 2.19. The van der Waals surface area contributed by atoms with E-state index in [4.69, 9.17) is 11.2 Å². The molecule has 0 saturated carbocycles. The Balaban J connectivity index is 2.45. The van der Waals surface area contributed by atoms with Gasteiger partial charge in [-0.05, 0) is 26.7 Å². The molecule has 1 atom stereocenters. The van der Waals surface area contributed by atoms with E-state index in [2.05, 4.69) is 11.2 Å². The van der Waals surface area contributed by atoms with Gasteiger partial charge in [0.05, 0.1) is 18.1 Å². The van der Waals surface area contributed by atoms with E-state index >= 15 is 0 Å². The molecule has 14 heavy (non-hydrogen) atoms. The Hall–Kier alpha value is -1.01. The van der Waals surface area contributed by atoms with Crippen molar-refractivity contribution in [3.05, 3.63) is 0 Å². The van der Waals surface area contributed by atoms with Crippen molar-refractivity contribution in [3.63, 3.8) is 0 Å². The topological polar surface area (TPSA) is 38.3 Å². The van der Waals surface area contributed by atoms with Crippen LogP contribution in [0.2, 0.25) is 0 Å². The number of amides is 1. The molecule has 1 aliphatic heterocycles. The summed E-state index contributed by atoms with van der Waals surface area (Å²) in [5, 5.41) is 2.82. The molecule has 0 radical (unpaired) electrons. The van der Waals surface area contributed by atoms with Gasteiger partial charge >= 0.3 is 0 Å². The zero-order valence-corrected chi connectivity index (χ0v) is 8.80. The molecule has 0 aliphatic carbocycles. The van der Waals surface area contributed by atoms with Crippen molar-refractivity contribution in [2.45, 2.75) is 32.2 Å². The first-order valence-corrected chi connectivity index (χ1v) is 4.93. The van der Waals surface area contributed by atoms with E-state index in [1.165, 1.54) is 0 Å². The Kier molecular flexibility index (Phi) is 3.54. The highest BCUT2D eigenvalue weighted by Crippen LogP contribution is 2.14. The Morgan fingerprint density at radius 2 is 2.36 bits per heavy atom. The van der Waals surface area contributed by atoms with E-state index in [1.807, 2.05) is 13.8 Å². The van der Waals surface area contributed by atoms with Crippen LogP contribution in [0, 0.1) is 18.3 Å². The number of carbonyl (C=O) groups excluding carboxylic acids is 1. The molecule has 1 saturated heterocycles. The molecule has 0 aromatic carbocycles. The maximum atomic E-state index is 11.7. The first-order valence-electron chi connectivity index (χ1n) is 4.93. The fourth-order valence-corrected chi connectivity index (χ4v) is 1.39. The molecular formula is C11H17NO2. The maximum absolute atomic E-state index is 11.7. The lowest BCUT2D eigenvalue weighted by molar-refractivity contribution is -0.130. The first kappa shape index (κ1) is 11.1. The normalized spacial score (nSPS) is 22.5. The number of carbonyl (C=O) groups is 1. The molecule has 0 aromatic heterocycles. The molecule has 0 aromatic rings. The van der Waals surface area contributed by atoms with E-state index in [9.17, 15) is 4.79 Å². The van der Waals surface area contributed by atoms with Crippen LogP contribution < -0.4 is 5.32 Å². The van der Waals surface area contributed by atoms with Gasteiger partial charge in [0.25, 0.3) is 0 Å². The number of rotatable bonds is 2. The summed E-state index contributed by atoms with van der Waals surface area (Å²) in [4.78, 5) is 11.7. The summed E-state index contributed by atoms with van der Waals surface area (Å²) in [6, 6.07) is 0. The number of hydrogen-bond donors (Lipinski definition) is 1. The molecular weight excluding hydrogens is 178 g/mol. The second kappa shape index (κ2) is 4.47. The van der Waals surface area contributed by atoms with Crippen LogP contribution in [0.1, 0.15) is 26.7 Å². The van der Waals surface area contributed by atoms with Gasteiger partial charge in [-0.15, -0.1) is 6.42 Å². The summed E-state index contributed by atoms with van der Waals surface area (Å²) in [5.74, 6) is 2.51. The third kappa shape index (κ3) is 3.04. The minimum Gasteiger partial charge on any atom is -0.381 e. The van der Waals surface area contributed by atoms with Crippen LogP contribution in [0.25, 0.3) is 0 Å². The van der Waals surface area contributed by atoms with Crippen LogP contribution in [0.5, 0.6) is 0 Å². The van der Waals surface area contributed by atoms with Crippen LogP contribution >= 0.6 is 0 Å². The van der Waals surface area contributed by atoms with E-state index in [-0.39, 0.29) is 11.8 Å². The summed E-state index contributed by atoms with van der Waals surface area (Å²) < 4.78 is 5.24. The second-order valence-corrected chi connectivity index (χ2v) is 4.17. The largest absolute Gasteiger partial charge is 0.381 e. The summed E-state index contributed by atoms with van der Waals surface area (Å²) in [7, 11) is 0. The van der Waals surface area contributed by atoms with Gasteiger partial charge in [-0.2, -0.15) is 0 Å². The average molecular weight is 195 g/mol. The van der Waals surface area contributed by atoms with Crippen molar-refractivity contribution in [2.24, 2.45) is 5.92 Å². The predicted molar refractivity (Wildman–Crippen MR) is 54.6 cm³/mol. The molecule has 1 heterocycles. The molecule has 1 N–H and O–H groups in total. The zero-order chi connectivity index (χ0) is 10.6. The van der Waals surface area contributed by atoms with E-state index in [0.29, 0.717) is 6.61 Å². The maximum Gasteiger partial charge on any atom is 0.226 e. The Morgan fingerprint density at radius 1 is 1.64 bits per heavy atom. The van der Waals surface area contributed by atoms with Crippen molar-refractivity contribution < 1.29 is 9.53 Å². The molecule has 1 amide bonds. The number of nitrogens with one attached hydrogen (secondary N) is 1. The summed E-state index contributed by atoms with van der Waals surface area (Å²) in [6.45, 7) is 4.91. The SMILES string of the molecule is C#CC(C)(C)NC(=O)C1CCCOC1. The van der Waals surface area contributed by atoms with Crippen molar-refractivity contribution in [2.75, 3.05) is 13.2 Å². The highest BCUT2D eigenvalue weighted by molar-refractivity contribution is 5.80. The molecule has 78 valence electrons. The molecule has 0 spiro atoms. The third-order valence-corrected chi connectivity index (χ3v) is 2.33. The molecule has 1 rings (SSSR count). The lowest BCUT2D eigenvalue weighted by Crippen LogP contribution is -2.46. The van der Waals surface area contributed by atoms with Gasteiger partial charge in [-0.25, -0.2) is 0 Å².